The van der Waals surface area contributed by atoms with E-state index in [2.05, 4.69) is 31.8 Å². The van der Waals surface area contributed by atoms with Gasteiger partial charge in [0.25, 0.3) is 0 Å². The molecular weight excluding hydrogens is 382 g/mol. The zero-order valence-corrected chi connectivity index (χ0v) is 15.8. The Morgan fingerprint density at radius 2 is 1.80 bits per heavy atom. The quantitative estimate of drug-likeness (QED) is 0.568. The molecule has 0 saturated carbocycles. The lowest BCUT2D eigenvalue weighted by molar-refractivity contribution is -0.124. The molecule has 0 atom stereocenters. The summed E-state index contributed by atoms with van der Waals surface area (Å²) in [6, 6.07) is 13.3. The van der Waals surface area contributed by atoms with Gasteiger partial charge < -0.3 is 5.32 Å². The summed E-state index contributed by atoms with van der Waals surface area (Å²) in [5.41, 5.74) is 6.30. The number of carbonyl (C=O) groups is 2. The zero-order chi connectivity index (χ0) is 18.2. The van der Waals surface area contributed by atoms with Crippen molar-refractivity contribution in [2.24, 2.45) is 5.10 Å². The smallest absolute Gasteiger partial charge is 0.240 e. The topological polar surface area (TPSA) is 70.6 Å². The molecule has 0 heterocycles. The second kappa shape index (κ2) is 9.13. The summed E-state index contributed by atoms with van der Waals surface area (Å²) in [5, 5.41) is 6.68. The van der Waals surface area contributed by atoms with E-state index in [4.69, 9.17) is 0 Å². The Bertz CT molecular complexity index is 803. The van der Waals surface area contributed by atoms with E-state index in [-0.39, 0.29) is 24.7 Å². The average molecular weight is 402 g/mol. The number of hydrogen-bond donors (Lipinski definition) is 2. The fraction of sp³-hybridized carbons (Fsp3) is 0.211. The van der Waals surface area contributed by atoms with Crippen molar-refractivity contribution in [3.63, 3.8) is 0 Å². The molecule has 0 saturated heterocycles. The Balaban J connectivity index is 1.75. The summed E-state index contributed by atoms with van der Waals surface area (Å²) >= 11 is 3.37. The van der Waals surface area contributed by atoms with Crippen LogP contribution in [0.1, 0.15) is 29.5 Å². The maximum Gasteiger partial charge on any atom is 0.240 e. The van der Waals surface area contributed by atoms with E-state index in [1.165, 1.54) is 5.56 Å². The first kappa shape index (κ1) is 18.9. The molecular formula is C19H20BrN3O2. The molecule has 0 bridgehead atoms. The molecule has 2 N–H and O–H groups in total. The van der Waals surface area contributed by atoms with Crippen LogP contribution < -0.4 is 10.7 Å². The predicted molar refractivity (Wildman–Crippen MR) is 104 cm³/mol. The largest absolute Gasteiger partial charge is 0.326 e. The molecule has 0 aliphatic heterocycles. The fourth-order valence-electron chi connectivity index (χ4n) is 2.09. The van der Waals surface area contributed by atoms with Crippen LogP contribution in [0, 0.1) is 13.8 Å². The fourth-order valence-corrected chi connectivity index (χ4v) is 2.51. The molecule has 2 amide bonds. The number of anilines is 1. The zero-order valence-electron chi connectivity index (χ0n) is 14.2. The summed E-state index contributed by atoms with van der Waals surface area (Å²) in [7, 11) is 0. The molecule has 25 heavy (non-hydrogen) atoms. The molecule has 0 fully saturated rings. The maximum atomic E-state index is 11.9. The highest BCUT2D eigenvalue weighted by Crippen LogP contribution is 2.14. The molecule has 6 heteroatoms. The third kappa shape index (κ3) is 6.51. The Labute approximate surface area is 155 Å². The van der Waals surface area contributed by atoms with Gasteiger partial charge in [0.15, 0.2) is 0 Å². The Hall–Kier alpha value is -2.47. The van der Waals surface area contributed by atoms with E-state index in [0.29, 0.717) is 0 Å². The molecule has 5 nitrogen and oxygen atoms in total. The van der Waals surface area contributed by atoms with Gasteiger partial charge in [0, 0.05) is 23.0 Å². The molecule has 2 aromatic carbocycles. The third-order valence-electron chi connectivity index (χ3n) is 3.62. The van der Waals surface area contributed by atoms with Gasteiger partial charge in [-0.2, -0.15) is 5.10 Å². The van der Waals surface area contributed by atoms with Crippen molar-refractivity contribution in [2.45, 2.75) is 26.7 Å². The maximum absolute atomic E-state index is 11.9. The minimum absolute atomic E-state index is 0.0759. The average Bonchev–Trinajstić information content (AvgIpc) is 2.56. The van der Waals surface area contributed by atoms with Crippen LogP contribution in [0.15, 0.2) is 52.0 Å². The monoisotopic (exact) mass is 401 g/mol. The van der Waals surface area contributed by atoms with Crippen LogP contribution in [0.5, 0.6) is 0 Å². The Morgan fingerprint density at radius 3 is 2.52 bits per heavy atom. The minimum Gasteiger partial charge on any atom is -0.326 e. The summed E-state index contributed by atoms with van der Waals surface area (Å²) < 4.78 is 0.936. The van der Waals surface area contributed by atoms with Gasteiger partial charge in [-0.15, -0.1) is 0 Å². The van der Waals surface area contributed by atoms with Crippen LogP contribution in [0.3, 0.4) is 0 Å². The van der Waals surface area contributed by atoms with Gasteiger partial charge in [0.2, 0.25) is 11.8 Å². The van der Waals surface area contributed by atoms with Crippen LogP contribution in [0.4, 0.5) is 5.69 Å². The first-order chi connectivity index (χ1) is 11.9. The molecule has 130 valence electrons. The number of rotatable bonds is 6. The van der Waals surface area contributed by atoms with Crippen molar-refractivity contribution in [2.75, 3.05) is 5.32 Å². The number of nitrogens with one attached hydrogen (secondary N) is 2. The highest BCUT2D eigenvalue weighted by atomic mass is 79.9. The van der Waals surface area contributed by atoms with E-state index in [1.807, 2.05) is 56.3 Å². The van der Waals surface area contributed by atoms with Crippen molar-refractivity contribution in [1.29, 1.82) is 0 Å². The summed E-state index contributed by atoms with van der Waals surface area (Å²) in [6.07, 6.45) is 1.73. The van der Waals surface area contributed by atoms with Crippen molar-refractivity contribution in [1.82, 2.24) is 5.43 Å². The number of carbonyl (C=O) groups excluding carboxylic acids is 2. The van der Waals surface area contributed by atoms with E-state index < -0.39 is 0 Å². The van der Waals surface area contributed by atoms with Gasteiger partial charge >= 0.3 is 0 Å². The van der Waals surface area contributed by atoms with Gasteiger partial charge in [-0.3, -0.25) is 9.59 Å². The first-order valence-corrected chi connectivity index (χ1v) is 8.68. The molecule has 2 rings (SSSR count). The second-order valence-electron chi connectivity index (χ2n) is 5.70. The summed E-state index contributed by atoms with van der Waals surface area (Å²) in [6.45, 7) is 4.00. The van der Waals surface area contributed by atoms with E-state index in [0.717, 1.165) is 21.3 Å². The lowest BCUT2D eigenvalue weighted by Crippen LogP contribution is -2.20. The molecule has 0 aliphatic rings. The highest BCUT2D eigenvalue weighted by Gasteiger charge is 2.07. The molecule has 0 unspecified atom stereocenters. The van der Waals surface area contributed by atoms with Gasteiger partial charge in [-0.05, 0) is 54.8 Å². The van der Waals surface area contributed by atoms with Crippen molar-refractivity contribution in [3.8, 4) is 0 Å². The summed E-state index contributed by atoms with van der Waals surface area (Å²) in [4.78, 5) is 23.7. The van der Waals surface area contributed by atoms with Crippen LogP contribution in [-0.2, 0) is 9.59 Å². The molecule has 0 radical (unpaired) electrons. The second-order valence-corrected chi connectivity index (χ2v) is 6.61. The van der Waals surface area contributed by atoms with Crippen molar-refractivity contribution < 1.29 is 9.59 Å². The molecule has 0 aliphatic carbocycles. The summed E-state index contributed by atoms with van der Waals surface area (Å²) in [5.74, 6) is -0.504. The SMILES string of the molecule is Cc1ccc(NC(=O)CCC(=O)N/N=C/c2cccc(Br)c2)cc1C. The van der Waals surface area contributed by atoms with E-state index >= 15 is 0 Å². The number of aryl methyl sites for hydroxylation is 2. The molecule has 0 spiro atoms. The number of nitrogens with zero attached hydrogens (tertiary/aromatic N) is 1. The van der Waals surface area contributed by atoms with Gasteiger partial charge in [-0.25, -0.2) is 5.43 Å². The lowest BCUT2D eigenvalue weighted by Gasteiger charge is -2.07. The van der Waals surface area contributed by atoms with Crippen LogP contribution in [0.2, 0.25) is 0 Å². The number of hydrazone groups is 1. The predicted octanol–water partition coefficient (Wildman–Crippen LogP) is 3.93. The van der Waals surface area contributed by atoms with Crippen LogP contribution in [0.25, 0.3) is 0 Å². The van der Waals surface area contributed by atoms with Crippen molar-refractivity contribution >= 4 is 39.6 Å². The Kier molecular flexibility index (Phi) is 6.89. The van der Waals surface area contributed by atoms with Crippen molar-refractivity contribution in [3.05, 3.63) is 63.6 Å². The number of amides is 2. The number of hydrogen-bond acceptors (Lipinski definition) is 3. The highest BCUT2D eigenvalue weighted by molar-refractivity contribution is 9.10. The number of benzene rings is 2. The standard InChI is InChI=1S/C19H20BrN3O2/c1-13-6-7-17(10-14(13)2)22-18(24)8-9-19(25)23-21-12-15-4-3-5-16(20)11-15/h3-7,10-12H,8-9H2,1-2H3,(H,22,24)(H,23,25)/b21-12+. The van der Waals surface area contributed by atoms with E-state index in [1.54, 1.807) is 6.21 Å². The molecule has 2 aromatic rings. The first-order valence-electron chi connectivity index (χ1n) is 7.88. The molecule has 0 aromatic heterocycles. The Morgan fingerprint density at radius 1 is 1.04 bits per heavy atom. The van der Waals surface area contributed by atoms with Gasteiger partial charge in [-0.1, -0.05) is 34.1 Å². The van der Waals surface area contributed by atoms with Gasteiger partial charge in [0.1, 0.15) is 0 Å². The third-order valence-corrected chi connectivity index (χ3v) is 4.11. The van der Waals surface area contributed by atoms with Crippen LogP contribution >= 0.6 is 15.9 Å². The van der Waals surface area contributed by atoms with Gasteiger partial charge in [0.05, 0.1) is 6.21 Å². The van der Waals surface area contributed by atoms with Crippen LogP contribution in [-0.4, -0.2) is 18.0 Å². The lowest BCUT2D eigenvalue weighted by atomic mass is 10.1. The number of halogens is 1. The normalized spacial score (nSPS) is 10.7. The van der Waals surface area contributed by atoms with E-state index in [9.17, 15) is 9.59 Å². The minimum atomic E-state index is -0.304.